The molecule has 0 aliphatic rings. The first-order chi connectivity index (χ1) is 7.65. The van der Waals surface area contributed by atoms with Crippen LogP contribution < -0.4 is 10.5 Å². The Balaban J connectivity index is 3.00. The van der Waals surface area contributed by atoms with Gasteiger partial charge in [0.1, 0.15) is 17.1 Å². The van der Waals surface area contributed by atoms with Crippen LogP contribution in [-0.4, -0.2) is 13.2 Å². The summed E-state index contributed by atoms with van der Waals surface area (Å²) in [5.41, 5.74) is 5.03. The largest absolute Gasteiger partial charge is 0.433 e. The first-order valence-corrected chi connectivity index (χ1v) is 4.57. The van der Waals surface area contributed by atoms with E-state index in [0.29, 0.717) is 13.0 Å². The van der Waals surface area contributed by atoms with Gasteiger partial charge >= 0.3 is 6.61 Å². The Morgan fingerprint density at radius 1 is 1.38 bits per heavy atom. The van der Waals surface area contributed by atoms with E-state index in [0.717, 1.165) is 6.07 Å². The van der Waals surface area contributed by atoms with Crippen LogP contribution in [0.1, 0.15) is 12.0 Å². The van der Waals surface area contributed by atoms with Crippen molar-refractivity contribution >= 4 is 0 Å². The number of hydrogen-bond acceptors (Lipinski definition) is 2. The standard InChI is InChI=1S/C11H10F3NO/c12-9-5-3-6-10(16-11(13)14)8(9)4-1-2-7-15/h3,5-6,11H,2,7,15H2. The molecule has 0 saturated carbocycles. The third-order valence-corrected chi connectivity index (χ3v) is 1.67. The van der Waals surface area contributed by atoms with E-state index in [-0.39, 0.29) is 11.3 Å². The molecule has 2 nitrogen and oxygen atoms in total. The van der Waals surface area contributed by atoms with E-state index in [2.05, 4.69) is 16.6 Å². The van der Waals surface area contributed by atoms with E-state index in [4.69, 9.17) is 5.73 Å². The summed E-state index contributed by atoms with van der Waals surface area (Å²) in [5.74, 6) is 4.03. The zero-order valence-corrected chi connectivity index (χ0v) is 8.34. The molecule has 5 heteroatoms. The molecule has 1 rings (SSSR count). The highest BCUT2D eigenvalue weighted by molar-refractivity contribution is 5.47. The van der Waals surface area contributed by atoms with Crippen LogP contribution in [0.3, 0.4) is 0 Å². The fourth-order valence-electron chi connectivity index (χ4n) is 1.04. The van der Waals surface area contributed by atoms with Crippen molar-refractivity contribution in [3.05, 3.63) is 29.6 Å². The Bertz CT molecular complexity index is 409. The molecule has 0 heterocycles. The van der Waals surface area contributed by atoms with E-state index >= 15 is 0 Å². The maximum atomic E-state index is 13.3. The molecule has 0 amide bonds. The topological polar surface area (TPSA) is 35.2 Å². The Morgan fingerprint density at radius 3 is 2.75 bits per heavy atom. The minimum atomic E-state index is -3.00. The predicted octanol–water partition coefficient (Wildman–Crippen LogP) is 2.13. The molecule has 0 aliphatic heterocycles. The van der Waals surface area contributed by atoms with Gasteiger partial charge in [-0.3, -0.25) is 0 Å². The summed E-state index contributed by atoms with van der Waals surface area (Å²) >= 11 is 0. The van der Waals surface area contributed by atoms with Crippen LogP contribution in [0.25, 0.3) is 0 Å². The fourth-order valence-corrected chi connectivity index (χ4v) is 1.04. The van der Waals surface area contributed by atoms with Gasteiger partial charge in [0.25, 0.3) is 0 Å². The van der Waals surface area contributed by atoms with E-state index in [1.54, 1.807) is 0 Å². The zero-order valence-electron chi connectivity index (χ0n) is 8.34. The van der Waals surface area contributed by atoms with E-state index in [9.17, 15) is 13.2 Å². The molecule has 0 fully saturated rings. The summed E-state index contributed by atoms with van der Waals surface area (Å²) in [6, 6.07) is 3.65. The number of rotatable bonds is 3. The lowest BCUT2D eigenvalue weighted by molar-refractivity contribution is -0.0501. The molecule has 1 aromatic carbocycles. The maximum Gasteiger partial charge on any atom is 0.387 e. The number of nitrogens with two attached hydrogens (primary N) is 1. The molecule has 0 unspecified atom stereocenters. The summed E-state index contributed by atoms with van der Waals surface area (Å²) < 4.78 is 41.4. The Hall–Kier alpha value is -1.67. The zero-order chi connectivity index (χ0) is 12.0. The third kappa shape index (κ3) is 3.48. The van der Waals surface area contributed by atoms with Crippen molar-refractivity contribution in [2.24, 2.45) is 5.73 Å². The van der Waals surface area contributed by atoms with Gasteiger partial charge in [-0.25, -0.2) is 4.39 Å². The van der Waals surface area contributed by atoms with Gasteiger partial charge in [0.2, 0.25) is 0 Å². The number of halogens is 3. The van der Waals surface area contributed by atoms with Crippen molar-refractivity contribution in [1.29, 1.82) is 0 Å². The summed E-state index contributed by atoms with van der Waals surface area (Å²) in [4.78, 5) is 0. The molecule has 0 saturated heterocycles. The normalized spacial score (nSPS) is 9.81. The van der Waals surface area contributed by atoms with Crippen LogP contribution >= 0.6 is 0 Å². The first-order valence-electron chi connectivity index (χ1n) is 4.57. The second kappa shape index (κ2) is 6.03. The van der Waals surface area contributed by atoms with Crippen LogP contribution in [0, 0.1) is 17.7 Å². The quantitative estimate of drug-likeness (QED) is 0.806. The highest BCUT2D eigenvalue weighted by atomic mass is 19.3. The van der Waals surface area contributed by atoms with Crippen LogP contribution in [0.5, 0.6) is 5.75 Å². The molecule has 0 aliphatic carbocycles. The molecule has 0 bridgehead atoms. The number of hydrogen-bond donors (Lipinski definition) is 1. The second-order valence-corrected chi connectivity index (χ2v) is 2.83. The van der Waals surface area contributed by atoms with Crippen molar-refractivity contribution in [2.45, 2.75) is 13.0 Å². The molecule has 16 heavy (non-hydrogen) atoms. The minimum Gasteiger partial charge on any atom is -0.433 e. The van der Waals surface area contributed by atoms with Gasteiger partial charge in [-0.2, -0.15) is 8.78 Å². The van der Waals surface area contributed by atoms with Crippen LogP contribution in [0.15, 0.2) is 18.2 Å². The first kappa shape index (κ1) is 12.4. The highest BCUT2D eigenvalue weighted by Gasteiger charge is 2.11. The lowest BCUT2D eigenvalue weighted by Gasteiger charge is -2.06. The SMILES string of the molecule is NCCC#Cc1c(F)cccc1OC(F)F. The summed E-state index contributed by atoms with van der Waals surface area (Å²) in [5, 5.41) is 0. The van der Waals surface area contributed by atoms with Crippen molar-refractivity contribution in [3.8, 4) is 17.6 Å². The summed E-state index contributed by atoms with van der Waals surface area (Å²) in [7, 11) is 0. The molecule has 86 valence electrons. The molecule has 0 radical (unpaired) electrons. The van der Waals surface area contributed by atoms with E-state index in [1.807, 2.05) is 0 Å². The van der Waals surface area contributed by atoms with Gasteiger partial charge in [-0.1, -0.05) is 17.9 Å². The second-order valence-electron chi connectivity index (χ2n) is 2.83. The van der Waals surface area contributed by atoms with Crippen LogP contribution in [-0.2, 0) is 0 Å². The van der Waals surface area contributed by atoms with Gasteiger partial charge in [-0.15, -0.1) is 0 Å². The lowest BCUT2D eigenvalue weighted by atomic mass is 10.2. The monoisotopic (exact) mass is 229 g/mol. The van der Waals surface area contributed by atoms with E-state index in [1.165, 1.54) is 12.1 Å². The molecular weight excluding hydrogens is 219 g/mol. The van der Waals surface area contributed by atoms with Gasteiger partial charge in [-0.05, 0) is 12.1 Å². The van der Waals surface area contributed by atoms with Crippen LogP contribution in [0.4, 0.5) is 13.2 Å². The van der Waals surface area contributed by atoms with Gasteiger partial charge in [0, 0.05) is 13.0 Å². The Morgan fingerprint density at radius 2 is 2.12 bits per heavy atom. The lowest BCUT2D eigenvalue weighted by Crippen LogP contribution is -2.04. The molecule has 2 N–H and O–H groups in total. The van der Waals surface area contributed by atoms with E-state index < -0.39 is 12.4 Å². The Labute approximate surface area is 91.2 Å². The van der Waals surface area contributed by atoms with Crippen molar-refractivity contribution in [2.75, 3.05) is 6.54 Å². The van der Waals surface area contributed by atoms with Crippen molar-refractivity contribution < 1.29 is 17.9 Å². The predicted molar refractivity (Wildman–Crippen MR) is 53.6 cm³/mol. The van der Waals surface area contributed by atoms with Gasteiger partial charge in [0.05, 0.1) is 0 Å². The molecular formula is C11H10F3NO. The molecule has 1 aromatic rings. The van der Waals surface area contributed by atoms with Crippen molar-refractivity contribution in [3.63, 3.8) is 0 Å². The molecule has 0 aromatic heterocycles. The highest BCUT2D eigenvalue weighted by Crippen LogP contribution is 2.22. The van der Waals surface area contributed by atoms with Gasteiger partial charge in [0.15, 0.2) is 0 Å². The molecule has 0 atom stereocenters. The molecule has 0 spiro atoms. The number of benzene rings is 1. The van der Waals surface area contributed by atoms with Gasteiger partial charge < -0.3 is 10.5 Å². The Kier molecular flexibility index (Phi) is 4.67. The average Bonchev–Trinajstić information content (AvgIpc) is 2.21. The van der Waals surface area contributed by atoms with Crippen molar-refractivity contribution in [1.82, 2.24) is 0 Å². The summed E-state index contributed by atoms with van der Waals surface area (Å²) in [6.45, 7) is -2.68. The number of alkyl halides is 2. The van der Waals surface area contributed by atoms with Crippen LogP contribution in [0.2, 0.25) is 0 Å². The fraction of sp³-hybridized carbons (Fsp3) is 0.273. The maximum absolute atomic E-state index is 13.3. The minimum absolute atomic E-state index is 0.170. The summed E-state index contributed by atoms with van der Waals surface area (Å²) in [6.07, 6.45) is 0.364. The smallest absolute Gasteiger partial charge is 0.387 e. The third-order valence-electron chi connectivity index (χ3n) is 1.67. The number of ether oxygens (including phenoxy) is 1. The average molecular weight is 229 g/mol.